The van der Waals surface area contributed by atoms with Crippen LogP contribution in [0.1, 0.15) is 27.0 Å². The second-order valence-electron chi connectivity index (χ2n) is 6.27. The van der Waals surface area contributed by atoms with Gasteiger partial charge in [-0.1, -0.05) is 24.3 Å². The molecule has 112 valence electrons. The lowest BCUT2D eigenvalue weighted by Gasteiger charge is -2.07. The van der Waals surface area contributed by atoms with Crippen LogP contribution in [0.5, 0.6) is 0 Å². The lowest BCUT2D eigenvalue weighted by molar-refractivity contribution is 0.275. The summed E-state index contributed by atoms with van der Waals surface area (Å²) in [7, 11) is 0. The lowest BCUT2D eigenvalue weighted by Crippen LogP contribution is -2.17. The maximum Gasteiger partial charge on any atom is 0.210 e. The molecule has 4 heteroatoms. The Bertz CT molecular complexity index is 700. The SMILES string of the molecule is [2H]C1(C2=NC(C)(C)CO2)[C@@H](c2ccccn2)N1c1ccccc1. The van der Waals surface area contributed by atoms with E-state index in [1.807, 2.05) is 67.3 Å². The van der Waals surface area contributed by atoms with Gasteiger partial charge in [0.2, 0.25) is 5.90 Å². The van der Waals surface area contributed by atoms with Crippen molar-refractivity contribution in [1.29, 1.82) is 0 Å². The van der Waals surface area contributed by atoms with Gasteiger partial charge >= 0.3 is 0 Å². The minimum Gasteiger partial charge on any atom is -0.477 e. The van der Waals surface area contributed by atoms with Gasteiger partial charge in [-0.25, -0.2) is 4.99 Å². The zero-order valence-corrected chi connectivity index (χ0v) is 12.7. The molecule has 0 radical (unpaired) electrons. The van der Waals surface area contributed by atoms with Gasteiger partial charge < -0.3 is 9.64 Å². The van der Waals surface area contributed by atoms with Crippen LogP contribution in [0.15, 0.2) is 59.7 Å². The van der Waals surface area contributed by atoms with E-state index in [9.17, 15) is 0 Å². The molecule has 0 bridgehead atoms. The Morgan fingerprint density at radius 3 is 2.59 bits per heavy atom. The van der Waals surface area contributed by atoms with E-state index in [0.717, 1.165) is 11.4 Å². The van der Waals surface area contributed by atoms with Crippen molar-refractivity contribution in [3.8, 4) is 0 Å². The van der Waals surface area contributed by atoms with E-state index in [4.69, 9.17) is 6.11 Å². The number of rotatable bonds is 3. The van der Waals surface area contributed by atoms with E-state index < -0.39 is 6.02 Å². The molecule has 1 fully saturated rings. The van der Waals surface area contributed by atoms with Crippen molar-refractivity contribution in [3.63, 3.8) is 0 Å². The maximum atomic E-state index is 9.04. The van der Waals surface area contributed by atoms with Crippen LogP contribution in [0.4, 0.5) is 5.69 Å². The number of ether oxygens (including phenoxy) is 1. The number of pyridine rings is 1. The van der Waals surface area contributed by atoms with E-state index in [2.05, 4.69) is 9.98 Å². The van der Waals surface area contributed by atoms with Crippen LogP contribution < -0.4 is 4.90 Å². The summed E-state index contributed by atoms with van der Waals surface area (Å²) >= 11 is 0. The summed E-state index contributed by atoms with van der Waals surface area (Å²) in [5.74, 6) is 0.488. The molecule has 4 nitrogen and oxygen atoms in total. The van der Waals surface area contributed by atoms with E-state index in [1.165, 1.54) is 0 Å². The van der Waals surface area contributed by atoms with Crippen molar-refractivity contribution >= 4 is 11.6 Å². The standard InChI is InChI=1S/C18H19N3O/c1-18(2)12-22-17(20-18)16-15(14-10-6-7-11-19-14)21(16)13-8-4-3-5-9-13/h3-11,15-16H,12H2,1-2H3/t15-,16?,21?/m1/s1/i16D. The van der Waals surface area contributed by atoms with Gasteiger partial charge in [0.1, 0.15) is 18.7 Å². The smallest absolute Gasteiger partial charge is 0.210 e. The van der Waals surface area contributed by atoms with E-state index in [1.54, 1.807) is 6.20 Å². The van der Waals surface area contributed by atoms with Crippen molar-refractivity contribution < 1.29 is 6.11 Å². The maximum absolute atomic E-state index is 9.04. The first kappa shape index (κ1) is 12.2. The first-order valence-electron chi connectivity index (χ1n) is 8.01. The van der Waals surface area contributed by atoms with Gasteiger partial charge in [0, 0.05) is 11.9 Å². The van der Waals surface area contributed by atoms with Gasteiger partial charge in [0.15, 0.2) is 0 Å². The zero-order chi connectivity index (χ0) is 16.1. The van der Waals surface area contributed by atoms with Crippen LogP contribution in [0.3, 0.4) is 0 Å². The number of anilines is 1. The Morgan fingerprint density at radius 1 is 1.18 bits per heavy atom. The van der Waals surface area contributed by atoms with Crippen molar-refractivity contribution in [3.05, 3.63) is 60.4 Å². The van der Waals surface area contributed by atoms with Gasteiger partial charge in [0.25, 0.3) is 0 Å². The number of hydrogen-bond donors (Lipinski definition) is 0. The molecule has 2 aliphatic heterocycles. The molecule has 0 amide bonds. The minimum atomic E-state index is -1.02. The number of nitrogens with zero attached hydrogens (tertiary/aromatic N) is 3. The highest BCUT2D eigenvalue weighted by atomic mass is 16.5. The molecule has 0 aliphatic carbocycles. The average molecular weight is 294 g/mol. The second kappa shape index (κ2) is 4.83. The lowest BCUT2D eigenvalue weighted by atomic mass is 10.1. The molecule has 1 aromatic carbocycles. The van der Waals surface area contributed by atoms with Crippen LogP contribution in [-0.4, -0.2) is 29.0 Å². The fraction of sp³-hybridized carbons (Fsp3) is 0.333. The summed E-state index contributed by atoms with van der Waals surface area (Å²) in [6.07, 6.45) is 1.76. The van der Waals surface area contributed by atoms with Crippen LogP contribution in [0.25, 0.3) is 0 Å². The Hall–Kier alpha value is -2.36. The molecule has 0 saturated carbocycles. The number of benzene rings is 1. The molecular weight excluding hydrogens is 274 g/mol. The van der Waals surface area contributed by atoms with E-state index in [0.29, 0.717) is 12.5 Å². The van der Waals surface area contributed by atoms with Crippen molar-refractivity contribution in [2.75, 3.05) is 11.5 Å². The summed E-state index contributed by atoms with van der Waals surface area (Å²) in [6.45, 7) is 4.56. The van der Waals surface area contributed by atoms with Gasteiger partial charge in [-0.05, 0) is 38.1 Å². The molecule has 4 rings (SSSR count). The number of para-hydroxylation sites is 1. The Morgan fingerprint density at radius 2 is 1.95 bits per heavy atom. The van der Waals surface area contributed by atoms with E-state index in [-0.39, 0.29) is 11.6 Å². The number of aromatic nitrogens is 1. The number of hydrogen-bond acceptors (Lipinski definition) is 4. The van der Waals surface area contributed by atoms with Gasteiger partial charge in [-0.15, -0.1) is 0 Å². The molecule has 0 spiro atoms. The Kier molecular flexibility index (Phi) is 2.68. The second-order valence-corrected chi connectivity index (χ2v) is 6.27. The third-order valence-electron chi connectivity index (χ3n) is 3.90. The molecule has 1 saturated heterocycles. The predicted octanol–water partition coefficient (Wildman–Crippen LogP) is 3.22. The normalized spacial score (nSPS) is 29.5. The molecule has 2 aromatic rings. The third kappa shape index (κ3) is 2.25. The van der Waals surface area contributed by atoms with Crippen molar-refractivity contribution in [2.24, 2.45) is 4.99 Å². The molecule has 2 aliphatic rings. The summed E-state index contributed by atoms with van der Waals surface area (Å²) in [5, 5.41) is 0. The van der Waals surface area contributed by atoms with Gasteiger partial charge in [-0.3, -0.25) is 4.98 Å². The van der Waals surface area contributed by atoms with Gasteiger partial charge in [0.05, 0.1) is 12.6 Å². The first-order valence-corrected chi connectivity index (χ1v) is 7.51. The summed E-state index contributed by atoms with van der Waals surface area (Å²) in [6, 6.07) is 14.5. The molecule has 1 unspecified atom stereocenters. The highest BCUT2D eigenvalue weighted by molar-refractivity contribution is 5.94. The van der Waals surface area contributed by atoms with E-state index >= 15 is 0 Å². The van der Waals surface area contributed by atoms with Crippen molar-refractivity contribution in [2.45, 2.75) is 31.4 Å². The topological polar surface area (TPSA) is 37.5 Å². The molecule has 2 atom stereocenters. The zero-order valence-electron chi connectivity index (χ0n) is 13.7. The summed E-state index contributed by atoms with van der Waals surface area (Å²) in [4.78, 5) is 11.1. The largest absolute Gasteiger partial charge is 0.477 e. The Balaban J connectivity index is 1.77. The minimum absolute atomic E-state index is 0.182. The van der Waals surface area contributed by atoms with Crippen LogP contribution >= 0.6 is 0 Å². The molecule has 0 N–H and O–H groups in total. The highest BCUT2D eigenvalue weighted by Crippen LogP contribution is 2.48. The average Bonchev–Trinajstić information content (AvgIpc) is 3.03. The van der Waals surface area contributed by atoms with Crippen LogP contribution in [0, 0.1) is 0 Å². The third-order valence-corrected chi connectivity index (χ3v) is 3.90. The molecular formula is C18H19N3O. The quantitative estimate of drug-likeness (QED) is 0.816. The fourth-order valence-electron chi connectivity index (χ4n) is 2.82. The Labute approximate surface area is 131 Å². The monoisotopic (exact) mass is 294 g/mol. The summed E-state index contributed by atoms with van der Waals surface area (Å²) in [5.41, 5.74) is 1.57. The molecule has 3 heterocycles. The summed E-state index contributed by atoms with van der Waals surface area (Å²) < 4.78 is 14.8. The first-order chi connectivity index (χ1) is 11.0. The van der Waals surface area contributed by atoms with Gasteiger partial charge in [-0.2, -0.15) is 0 Å². The molecule has 1 aromatic heterocycles. The van der Waals surface area contributed by atoms with Crippen LogP contribution in [-0.2, 0) is 4.74 Å². The van der Waals surface area contributed by atoms with Crippen molar-refractivity contribution in [1.82, 2.24) is 4.98 Å². The molecule has 22 heavy (non-hydrogen) atoms. The highest BCUT2D eigenvalue weighted by Gasteiger charge is 2.55. The predicted molar refractivity (Wildman–Crippen MR) is 87.2 cm³/mol. The van der Waals surface area contributed by atoms with Crippen LogP contribution in [0.2, 0.25) is 0 Å². The number of aliphatic imine (C=N–C) groups is 1. The fourth-order valence-corrected chi connectivity index (χ4v) is 2.82.